The minimum Gasteiger partial charge on any atom is -0.490 e. The zero-order valence-corrected chi connectivity index (χ0v) is 15.0. The Balaban J connectivity index is 2.44. The minimum absolute atomic E-state index is 0.108. The first-order valence-electron chi connectivity index (χ1n) is 8.30. The number of ether oxygens (including phenoxy) is 3. The van der Waals surface area contributed by atoms with Crippen molar-refractivity contribution in [2.45, 2.75) is 26.8 Å². The van der Waals surface area contributed by atoms with Crippen LogP contribution in [0.1, 0.15) is 32.4 Å². The van der Waals surface area contributed by atoms with Crippen LogP contribution in [0.5, 0.6) is 11.5 Å². The van der Waals surface area contributed by atoms with E-state index in [0.717, 1.165) is 0 Å². The fraction of sp³-hybridized carbons (Fsp3) is 0.368. The van der Waals surface area contributed by atoms with Gasteiger partial charge in [0, 0.05) is 5.70 Å². The number of rotatable bonds is 7. The molecule has 0 bridgehead atoms. The van der Waals surface area contributed by atoms with Crippen LogP contribution in [-0.4, -0.2) is 31.8 Å². The van der Waals surface area contributed by atoms with Crippen molar-refractivity contribution in [3.8, 4) is 23.8 Å². The van der Waals surface area contributed by atoms with E-state index >= 15 is 0 Å². The molecule has 0 aliphatic carbocycles. The van der Waals surface area contributed by atoms with Crippen molar-refractivity contribution in [1.82, 2.24) is 10.6 Å². The quantitative estimate of drug-likeness (QED) is 0.577. The largest absolute Gasteiger partial charge is 0.490 e. The summed E-state index contributed by atoms with van der Waals surface area (Å²) in [6.45, 7) is 6.00. The molecule has 0 unspecified atom stereocenters. The van der Waals surface area contributed by atoms with Crippen LogP contribution in [0.15, 0.2) is 29.5 Å². The summed E-state index contributed by atoms with van der Waals surface area (Å²) >= 11 is 0. The van der Waals surface area contributed by atoms with Gasteiger partial charge in [0.25, 0.3) is 0 Å². The summed E-state index contributed by atoms with van der Waals surface area (Å²) in [5.41, 5.74) is 1.45. The molecule has 1 atom stereocenters. The van der Waals surface area contributed by atoms with E-state index in [1.165, 1.54) is 0 Å². The van der Waals surface area contributed by atoms with Gasteiger partial charge in [0.1, 0.15) is 6.61 Å². The van der Waals surface area contributed by atoms with E-state index in [1.54, 1.807) is 32.0 Å². The normalized spacial score (nSPS) is 16.2. The monoisotopic (exact) mass is 358 g/mol. The van der Waals surface area contributed by atoms with Crippen molar-refractivity contribution in [3.63, 3.8) is 0 Å². The van der Waals surface area contributed by atoms with E-state index in [1.807, 2.05) is 6.92 Å². The molecule has 0 radical (unpaired) electrons. The molecule has 0 saturated heterocycles. The molecule has 2 rings (SSSR count). The average molecular weight is 358 g/mol. The van der Waals surface area contributed by atoms with Gasteiger partial charge >= 0.3 is 12.0 Å². The van der Waals surface area contributed by atoms with Gasteiger partial charge < -0.3 is 24.8 Å². The third-order valence-electron chi connectivity index (χ3n) is 3.68. The standard InChI is InChI=1S/C19H22N2O5/c1-5-10-26-14-9-8-13(11-15(14)24-6-2)17-16(18(22)25-7-3)12(4)20-19(23)21-17/h1,8-9,11,17H,6-7,10H2,2-4H3,(H2,20,21,23)/t17-/m0/s1. The summed E-state index contributed by atoms with van der Waals surface area (Å²) in [5.74, 6) is 2.88. The average Bonchev–Trinajstić information content (AvgIpc) is 2.60. The molecular formula is C19H22N2O5. The summed E-state index contributed by atoms with van der Waals surface area (Å²) in [5, 5.41) is 5.35. The fourth-order valence-electron chi connectivity index (χ4n) is 2.63. The number of urea groups is 1. The van der Waals surface area contributed by atoms with Crippen molar-refractivity contribution in [3.05, 3.63) is 35.0 Å². The highest BCUT2D eigenvalue weighted by Crippen LogP contribution is 2.34. The molecule has 0 saturated carbocycles. The molecule has 0 aromatic heterocycles. The first-order chi connectivity index (χ1) is 12.5. The second kappa shape index (κ2) is 8.81. The Morgan fingerprint density at radius 3 is 2.65 bits per heavy atom. The van der Waals surface area contributed by atoms with E-state index in [0.29, 0.717) is 34.9 Å². The van der Waals surface area contributed by atoms with Crippen LogP contribution < -0.4 is 20.1 Å². The number of benzene rings is 1. The van der Waals surface area contributed by atoms with E-state index in [-0.39, 0.29) is 13.2 Å². The third kappa shape index (κ3) is 4.28. The van der Waals surface area contributed by atoms with Crippen LogP contribution in [0.25, 0.3) is 0 Å². The maximum absolute atomic E-state index is 12.4. The smallest absolute Gasteiger partial charge is 0.338 e. The maximum atomic E-state index is 12.4. The molecule has 7 nitrogen and oxygen atoms in total. The molecule has 0 fully saturated rings. The second-order valence-corrected chi connectivity index (χ2v) is 5.42. The van der Waals surface area contributed by atoms with Crippen LogP contribution in [0, 0.1) is 12.3 Å². The number of terminal acetylenes is 1. The predicted molar refractivity (Wildman–Crippen MR) is 95.7 cm³/mol. The summed E-state index contributed by atoms with van der Waals surface area (Å²) < 4.78 is 16.2. The molecule has 1 aliphatic heterocycles. The number of allylic oxidation sites excluding steroid dienone is 1. The van der Waals surface area contributed by atoms with Gasteiger partial charge in [-0.3, -0.25) is 0 Å². The first kappa shape index (κ1) is 19.2. The van der Waals surface area contributed by atoms with Crippen molar-refractivity contribution in [2.75, 3.05) is 19.8 Å². The first-order valence-corrected chi connectivity index (χ1v) is 8.30. The molecule has 0 spiro atoms. The molecule has 1 aliphatic rings. The highest BCUT2D eigenvalue weighted by atomic mass is 16.5. The number of hydrogen-bond donors (Lipinski definition) is 2. The molecule has 7 heteroatoms. The van der Waals surface area contributed by atoms with Crippen LogP contribution >= 0.6 is 0 Å². The van der Waals surface area contributed by atoms with Crippen LogP contribution in [0.3, 0.4) is 0 Å². The number of carbonyl (C=O) groups excluding carboxylic acids is 2. The van der Waals surface area contributed by atoms with E-state index in [2.05, 4.69) is 16.6 Å². The van der Waals surface area contributed by atoms with E-state index in [4.69, 9.17) is 20.6 Å². The topological polar surface area (TPSA) is 85.9 Å². The Bertz CT molecular complexity index is 764. The van der Waals surface area contributed by atoms with Crippen LogP contribution in [-0.2, 0) is 9.53 Å². The van der Waals surface area contributed by atoms with Crippen molar-refractivity contribution < 1.29 is 23.8 Å². The van der Waals surface area contributed by atoms with Crippen molar-refractivity contribution in [2.24, 2.45) is 0 Å². The van der Waals surface area contributed by atoms with Gasteiger partial charge in [0.05, 0.1) is 24.8 Å². The summed E-state index contributed by atoms with van der Waals surface area (Å²) in [4.78, 5) is 24.3. The van der Waals surface area contributed by atoms with E-state index in [9.17, 15) is 9.59 Å². The highest BCUT2D eigenvalue weighted by molar-refractivity contribution is 5.95. The van der Waals surface area contributed by atoms with Crippen LogP contribution in [0.2, 0.25) is 0 Å². The van der Waals surface area contributed by atoms with Crippen molar-refractivity contribution >= 4 is 12.0 Å². The fourth-order valence-corrected chi connectivity index (χ4v) is 2.63. The number of esters is 1. The third-order valence-corrected chi connectivity index (χ3v) is 3.68. The number of hydrogen-bond acceptors (Lipinski definition) is 5. The molecule has 1 aromatic rings. The zero-order chi connectivity index (χ0) is 19.1. The van der Waals surface area contributed by atoms with Gasteiger partial charge in [-0.15, -0.1) is 6.42 Å². The summed E-state index contributed by atoms with van der Waals surface area (Å²) in [7, 11) is 0. The Morgan fingerprint density at radius 2 is 2.00 bits per heavy atom. The Hall–Kier alpha value is -3.14. The Kier molecular flexibility index (Phi) is 6.50. The van der Waals surface area contributed by atoms with E-state index < -0.39 is 18.0 Å². The zero-order valence-electron chi connectivity index (χ0n) is 15.0. The van der Waals surface area contributed by atoms with Crippen LogP contribution in [0.4, 0.5) is 4.79 Å². The summed E-state index contributed by atoms with van der Waals surface area (Å²) in [6.07, 6.45) is 5.23. The van der Waals surface area contributed by atoms with Gasteiger partial charge in [0.15, 0.2) is 11.5 Å². The van der Waals surface area contributed by atoms with Gasteiger partial charge in [-0.1, -0.05) is 12.0 Å². The molecule has 138 valence electrons. The maximum Gasteiger partial charge on any atom is 0.338 e. The predicted octanol–water partition coefficient (Wildman–Crippen LogP) is 2.29. The Morgan fingerprint density at radius 1 is 1.23 bits per heavy atom. The van der Waals surface area contributed by atoms with Gasteiger partial charge in [-0.2, -0.15) is 0 Å². The second-order valence-electron chi connectivity index (χ2n) is 5.42. The SMILES string of the molecule is C#CCOc1ccc([C@@H]2NC(=O)NC(C)=C2C(=O)OCC)cc1OCC. The molecule has 2 amide bonds. The lowest BCUT2D eigenvalue weighted by molar-refractivity contribution is -0.139. The molecule has 2 N–H and O–H groups in total. The summed E-state index contributed by atoms with van der Waals surface area (Å²) in [6, 6.07) is 4.11. The van der Waals surface area contributed by atoms with Gasteiger partial charge in [0.2, 0.25) is 0 Å². The number of amides is 2. The van der Waals surface area contributed by atoms with Gasteiger partial charge in [-0.05, 0) is 38.5 Å². The molecule has 1 heterocycles. The Labute approximate surface area is 152 Å². The van der Waals surface area contributed by atoms with Crippen molar-refractivity contribution in [1.29, 1.82) is 0 Å². The lowest BCUT2D eigenvalue weighted by atomic mass is 9.95. The molecule has 26 heavy (non-hydrogen) atoms. The number of carbonyl (C=O) groups is 2. The van der Waals surface area contributed by atoms with Gasteiger partial charge in [-0.25, -0.2) is 9.59 Å². The minimum atomic E-state index is -0.663. The molecule has 1 aromatic carbocycles. The number of nitrogens with one attached hydrogen (secondary N) is 2. The lowest BCUT2D eigenvalue weighted by Crippen LogP contribution is -2.45. The lowest BCUT2D eigenvalue weighted by Gasteiger charge is -2.28. The highest BCUT2D eigenvalue weighted by Gasteiger charge is 2.32. The molecular weight excluding hydrogens is 336 g/mol.